The molecule has 1 aliphatic carbocycles. The predicted molar refractivity (Wildman–Crippen MR) is 59.6 cm³/mol. The maximum atomic E-state index is 10.9. The number of aryl methyl sites for hydroxylation is 1. The van der Waals surface area contributed by atoms with Gasteiger partial charge in [-0.1, -0.05) is 6.07 Å². The smallest absolute Gasteiger partial charge is 0.248 e. The van der Waals surface area contributed by atoms with E-state index in [-0.39, 0.29) is 5.91 Å². The molecule has 3 nitrogen and oxygen atoms in total. The average molecular weight is 204 g/mol. The first-order chi connectivity index (χ1) is 7.16. The van der Waals surface area contributed by atoms with Gasteiger partial charge in [0.25, 0.3) is 0 Å². The lowest BCUT2D eigenvalue weighted by atomic mass is 10.0. The molecule has 0 saturated heterocycles. The zero-order valence-electron chi connectivity index (χ0n) is 8.92. The van der Waals surface area contributed by atoms with Crippen LogP contribution in [0.25, 0.3) is 0 Å². The molecule has 3 N–H and O–H groups in total. The van der Waals surface area contributed by atoms with Gasteiger partial charge in [0.05, 0.1) is 0 Å². The van der Waals surface area contributed by atoms with Crippen LogP contribution in [0.15, 0.2) is 18.2 Å². The van der Waals surface area contributed by atoms with E-state index in [9.17, 15) is 4.79 Å². The Kier molecular flexibility index (Phi) is 2.73. The molecule has 80 valence electrons. The van der Waals surface area contributed by atoms with Gasteiger partial charge in [0, 0.05) is 18.2 Å². The minimum Gasteiger partial charge on any atom is -0.366 e. The molecule has 1 saturated carbocycles. The minimum absolute atomic E-state index is 0.361. The Hall–Kier alpha value is -1.35. The van der Waals surface area contributed by atoms with E-state index in [0.29, 0.717) is 11.6 Å². The normalized spacial score (nSPS) is 15.3. The summed E-state index contributed by atoms with van der Waals surface area (Å²) in [5, 5.41) is 3.45. The van der Waals surface area contributed by atoms with Crippen molar-refractivity contribution in [1.29, 1.82) is 0 Å². The zero-order chi connectivity index (χ0) is 10.8. The number of nitrogens with two attached hydrogens (primary N) is 1. The molecule has 15 heavy (non-hydrogen) atoms. The summed E-state index contributed by atoms with van der Waals surface area (Å²) in [6, 6.07) is 6.33. The van der Waals surface area contributed by atoms with E-state index in [1.807, 2.05) is 19.1 Å². The molecule has 0 radical (unpaired) electrons. The van der Waals surface area contributed by atoms with Crippen LogP contribution in [0.5, 0.6) is 0 Å². The maximum Gasteiger partial charge on any atom is 0.248 e. The van der Waals surface area contributed by atoms with Crippen LogP contribution in [0.2, 0.25) is 0 Å². The lowest BCUT2D eigenvalue weighted by molar-refractivity contribution is 0.1000. The summed E-state index contributed by atoms with van der Waals surface area (Å²) < 4.78 is 0. The number of nitrogens with one attached hydrogen (secondary N) is 1. The Morgan fingerprint density at radius 3 is 2.80 bits per heavy atom. The molecule has 0 spiro atoms. The molecular formula is C12H16N2O. The summed E-state index contributed by atoms with van der Waals surface area (Å²) >= 11 is 0. The van der Waals surface area contributed by atoms with Crippen molar-refractivity contribution in [3.05, 3.63) is 34.9 Å². The average Bonchev–Trinajstić information content (AvgIpc) is 2.99. The van der Waals surface area contributed by atoms with Crippen molar-refractivity contribution in [2.45, 2.75) is 32.4 Å². The lowest BCUT2D eigenvalue weighted by Crippen LogP contribution is -2.17. The van der Waals surface area contributed by atoms with E-state index in [2.05, 4.69) is 5.32 Å². The number of primary amides is 1. The Morgan fingerprint density at radius 2 is 2.27 bits per heavy atom. The molecule has 3 heteroatoms. The third-order valence-electron chi connectivity index (χ3n) is 2.79. The van der Waals surface area contributed by atoms with Crippen LogP contribution in [0.3, 0.4) is 0 Å². The number of hydrogen-bond acceptors (Lipinski definition) is 2. The molecule has 1 fully saturated rings. The van der Waals surface area contributed by atoms with Gasteiger partial charge in [-0.2, -0.15) is 0 Å². The van der Waals surface area contributed by atoms with Gasteiger partial charge < -0.3 is 11.1 Å². The Labute approximate surface area is 89.7 Å². The first kappa shape index (κ1) is 10.2. The minimum atomic E-state index is -0.361. The number of rotatable bonds is 4. The molecule has 1 aromatic carbocycles. The predicted octanol–water partition coefficient (Wildman–Crippen LogP) is 1.35. The van der Waals surface area contributed by atoms with Gasteiger partial charge >= 0.3 is 0 Å². The van der Waals surface area contributed by atoms with Crippen molar-refractivity contribution in [2.75, 3.05) is 0 Å². The molecule has 1 amide bonds. The largest absolute Gasteiger partial charge is 0.366 e. The van der Waals surface area contributed by atoms with Crippen molar-refractivity contribution in [2.24, 2.45) is 5.73 Å². The van der Waals surface area contributed by atoms with Gasteiger partial charge in [-0.3, -0.25) is 4.79 Å². The van der Waals surface area contributed by atoms with E-state index in [1.54, 1.807) is 6.07 Å². The second-order valence-electron chi connectivity index (χ2n) is 4.16. The van der Waals surface area contributed by atoms with Crippen molar-refractivity contribution in [3.8, 4) is 0 Å². The molecular weight excluding hydrogens is 188 g/mol. The van der Waals surface area contributed by atoms with Gasteiger partial charge in [-0.25, -0.2) is 0 Å². The van der Waals surface area contributed by atoms with Crippen LogP contribution >= 0.6 is 0 Å². The van der Waals surface area contributed by atoms with Crippen molar-refractivity contribution >= 4 is 5.91 Å². The fourth-order valence-corrected chi connectivity index (χ4v) is 1.59. The third kappa shape index (κ3) is 2.57. The van der Waals surface area contributed by atoms with Gasteiger partial charge in [-0.15, -0.1) is 0 Å². The number of benzene rings is 1. The molecule has 0 bridgehead atoms. The van der Waals surface area contributed by atoms with E-state index >= 15 is 0 Å². The summed E-state index contributed by atoms with van der Waals surface area (Å²) in [5.41, 5.74) is 8.16. The van der Waals surface area contributed by atoms with Crippen LogP contribution in [0.4, 0.5) is 0 Å². The quantitative estimate of drug-likeness (QED) is 0.777. The molecule has 0 aliphatic heterocycles. The Balaban J connectivity index is 2.07. The number of hydrogen-bond donors (Lipinski definition) is 2. The van der Waals surface area contributed by atoms with Gasteiger partial charge in [0.15, 0.2) is 0 Å². The first-order valence-corrected chi connectivity index (χ1v) is 5.29. The maximum absolute atomic E-state index is 10.9. The summed E-state index contributed by atoms with van der Waals surface area (Å²) in [6.45, 7) is 2.89. The van der Waals surface area contributed by atoms with Crippen molar-refractivity contribution in [1.82, 2.24) is 5.32 Å². The van der Waals surface area contributed by atoms with Crippen LogP contribution in [-0.2, 0) is 6.54 Å². The lowest BCUT2D eigenvalue weighted by Gasteiger charge is -2.07. The molecule has 2 rings (SSSR count). The zero-order valence-corrected chi connectivity index (χ0v) is 8.92. The van der Waals surface area contributed by atoms with Gasteiger partial charge in [-0.05, 0) is 43.0 Å². The van der Waals surface area contributed by atoms with E-state index in [4.69, 9.17) is 5.73 Å². The fourth-order valence-electron chi connectivity index (χ4n) is 1.59. The highest BCUT2D eigenvalue weighted by molar-refractivity contribution is 5.93. The fraction of sp³-hybridized carbons (Fsp3) is 0.417. The van der Waals surface area contributed by atoms with Crippen LogP contribution < -0.4 is 11.1 Å². The summed E-state index contributed by atoms with van der Waals surface area (Å²) in [4.78, 5) is 10.9. The summed E-state index contributed by atoms with van der Waals surface area (Å²) in [5.74, 6) is -0.361. The second kappa shape index (κ2) is 4.03. The molecule has 0 atom stereocenters. The monoisotopic (exact) mass is 204 g/mol. The highest BCUT2D eigenvalue weighted by atomic mass is 16.1. The summed E-state index contributed by atoms with van der Waals surface area (Å²) in [6.07, 6.45) is 2.58. The molecule has 0 heterocycles. The third-order valence-corrected chi connectivity index (χ3v) is 2.79. The van der Waals surface area contributed by atoms with Crippen LogP contribution in [-0.4, -0.2) is 11.9 Å². The first-order valence-electron chi connectivity index (χ1n) is 5.29. The van der Waals surface area contributed by atoms with E-state index in [1.165, 1.54) is 18.4 Å². The molecule has 0 aromatic heterocycles. The topological polar surface area (TPSA) is 55.1 Å². The van der Waals surface area contributed by atoms with E-state index < -0.39 is 0 Å². The van der Waals surface area contributed by atoms with Gasteiger partial charge in [0.2, 0.25) is 5.91 Å². The SMILES string of the molecule is Cc1cc(C(N)=O)ccc1CNC1CC1. The van der Waals surface area contributed by atoms with E-state index in [0.717, 1.165) is 12.1 Å². The van der Waals surface area contributed by atoms with Crippen LogP contribution in [0, 0.1) is 6.92 Å². The standard InChI is InChI=1S/C12H16N2O/c1-8-6-9(12(13)15)2-3-10(8)7-14-11-4-5-11/h2-3,6,11,14H,4-5,7H2,1H3,(H2,13,15). The van der Waals surface area contributed by atoms with Crippen molar-refractivity contribution < 1.29 is 4.79 Å². The molecule has 0 unspecified atom stereocenters. The highest BCUT2D eigenvalue weighted by Gasteiger charge is 2.20. The van der Waals surface area contributed by atoms with Gasteiger partial charge in [0.1, 0.15) is 0 Å². The Bertz CT molecular complexity index is 383. The number of carbonyl (C=O) groups excluding carboxylic acids is 1. The Morgan fingerprint density at radius 1 is 1.53 bits per heavy atom. The molecule has 1 aliphatic rings. The summed E-state index contributed by atoms with van der Waals surface area (Å²) in [7, 11) is 0. The van der Waals surface area contributed by atoms with Crippen LogP contribution in [0.1, 0.15) is 34.3 Å². The van der Waals surface area contributed by atoms with Crippen molar-refractivity contribution in [3.63, 3.8) is 0 Å². The number of carbonyl (C=O) groups is 1. The second-order valence-corrected chi connectivity index (χ2v) is 4.16. The highest BCUT2D eigenvalue weighted by Crippen LogP contribution is 2.20. The molecule has 1 aromatic rings. The number of amides is 1.